The first-order valence-corrected chi connectivity index (χ1v) is 7.02. The quantitative estimate of drug-likeness (QED) is 0.566. The van der Waals surface area contributed by atoms with Crippen LogP contribution in [0.15, 0.2) is 0 Å². The van der Waals surface area contributed by atoms with Crippen molar-refractivity contribution in [2.75, 3.05) is 20.6 Å². The fraction of sp³-hybridized carbons (Fsp3) is 0.929. The highest BCUT2D eigenvalue weighted by molar-refractivity contribution is 5.76. The number of nitrogens with zero attached hydrogens (tertiary/aromatic N) is 1. The highest BCUT2D eigenvalue weighted by Crippen LogP contribution is 2.16. The third-order valence-electron chi connectivity index (χ3n) is 3.22. The summed E-state index contributed by atoms with van der Waals surface area (Å²) in [5, 5.41) is 0. The molecule has 3 nitrogen and oxygen atoms in total. The largest absolute Gasteiger partial charge is 0.369 e. The minimum Gasteiger partial charge on any atom is -0.369 e. The Hall–Kier alpha value is -0.570. The number of rotatable bonds is 11. The molecule has 0 fully saturated rings. The predicted octanol–water partition coefficient (Wildman–Crippen LogP) is 2.79. The zero-order valence-corrected chi connectivity index (χ0v) is 11.9. The van der Waals surface area contributed by atoms with Gasteiger partial charge in [0.25, 0.3) is 0 Å². The second kappa shape index (κ2) is 10.6. The molecule has 1 unspecified atom stereocenters. The number of hydrogen-bond acceptors (Lipinski definition) is 2. The predicted molar refractivity (Wildman–Crippen MR) is 73.8 cm³/mol. The molecule has 0 aromatic rings. The van der Waals surface area contributed by atoms with Gasteiger partial charge in [-0.15, -0.1) is 0 Å². The Morgan fingerprint density at radius 1 is 1.06 bits per heavy atom. The van der Waals surface area contributed by atoms with Crippen LogP contribution >= 0.6 is 0 Å². The van der Waals surface area contributed by atoms with E-state index in [1.54, 1.807) is 0 Å². The maximum Gasteiger partial charge on any atom is 0.220 e. The average Bonchev–Trinajstić information content (AvgIpc) is 2.25. The van der Waals surface area contributed by atoms with Gasteiger partial charge in [-0.05, 0) is 39.9 Å². The summed E-state index contributed by atoms with van der Waals surface area (Å²) in [6, 6.07) is 0. The molecule has 0 bridgehead atoms. The fourth-order valence-electron chi connectivity index (χ4n) is 2.08. The van der Waals surface area contributed by atoms with Crippen LogP contribution < -0.4 is 5.73 Å². The Morgan fingerprint density at radius 2 is 1.65 bits per heavy atom. The van der Waals surface area contributed by atoms with Crippen LogP contribution in [0.25, 0.3) is 0 Å². The monoisotopic (exact) mass is 242 g/mol. The molecule has 0 saturated heterocycles. The highest BCUT2D eigenvalue weighted by Gasteiger charge is 2.14. The van der Waals surface area contributed by atoms with Gasteiger partial charge in [0.1, 0.15) is 0 Å². The van der Waals surface area contributed by atoms with Crippen molar-refractivity contribution in [3.63, 3.8) is 0 Å². The van der Waals surface area contributed by atoms with Crippen molar-refractivity contribution in [1.82, 2.24) is 4.90 Å². The number of hydrogen-bond donors (Lipinski definition) is 1. The number of unbranched alkanes of at least 4 members (excludes halogenated alkanes) is 4. The van der Waals surface area contributed by atoms with Crippen molar-refractivity contribution in [3.8, 4) is 0 Å². The molecule has 102 valence electrons. The molecule has 1 atom stereocenters. The molecule has 3 heteroatoms. The molecule has 0 aliphatic rings. The van der Waals surface area contributed by atoms with Gasteiger partial charge in [0, 0.05) is 5.92 Å². The summed E-state index contributed by atoms with van der Waals surface area (Å²) in [5.74, 6) is -0.0178. The van der Waals surface area contributed by atoms with E-state index < -0.39 is 0 Å². The van der Waals surface area contributed by atoms with Gasteiger partial charge in [0.2, 0.25) is 5.91 Å². The van der Waals surface area contributed by atoms with Crippen LogP contribution in [0.3, 0.4) is 0 Å². The van der Waals surface area contributed by atoms with Gasteiger partial charge < -0.3 is 10.6 Å². The van der Waals surface area contributed by atoms with E-state index >= 15 is 0 Å². The normalized spacial score (nSPS) is 12.9. The maximum atomic E-state index is 11.3. The van der Waals surface area contributed by atoms with Gasteiger partial charge in [0.05, 0.1) is 0 Å². The molecule has 1 amide bonds. The van der Waals surface area contributed by atoms with E-state index in [4.69, 9.17) is 5.73 Å². The lowest BCUT2D eigenvalue weighted by Gasteiger charge is -2.15. The van der Waals surface area contributed by atoms with E-state index in [0.717, 1.165) is 32.2 Å². The second-order valence-corrected chi connectivity index (χ2v) is 5.25. The van der Waals surface area contributed by atoms with Crippen LogP contribution in [0.5, 0.6) is 0 Å². The summed E-state index contributed by atoms with van der Waals surface area (Å²) in [5.41, 5.74) is 5.44. The summed E-state index contributed by atoms with van der Waals surface area (Å²) in [6.07, 6.45) is 9.24. The minimum absolute atomic E-state index is 0.0941. The minimum atomic E-state index is -0.112. The molecule has 2 N–H and O–H groups in total. The van der Waals surface area contributed by atoms with Crippen molar-refractivity contribution < 1.29 is 4.79 Å². The molecular formula is C14H30N2O. The molecule has 0 aliphatic heterocycles. The molecule has 17 heavy (non-hydrogen) atoms. The molecular weight excluding hydrogens is 212 g/mol. The van der Waals surface area contributed by atoms with E-state index in [9.17, 15) is 4.79 Å². The van der Waals surface area contributed by atoms with E-state index in [-0.39, 0.29) is 11.8 Å². The Morgan fingerprint density at radius 3 is 2.18 bits per heavy atom. The van der Waals surface area contributed by atoms with E-state index in [1.165, 1.54) is 25.7 Å². The topological polar surface area (TPSA) is 46.3 Å². The Balaban J connectivity index is 3.64. The zero-order chi connectivity index (χ0) is 13.1. The van der Waals surface area contributed by atoms with Crippen molar-refractivity contribution in [2.24, 2.45) is 11.7 Å². The van der Waals surface area contributed by atoms with Crippen LogP contribution in [0.2, 0.25) is 0 Å². The zero-order valence-electron chi connectivity index (χ0n) is 11.9. The van der Waals surface area contributed by atoms with Gasteiger partial charge in [-0.25, -0.2) is 0 Å². The summed E-state index contributed by atoms with van der Waals surface area (Å²) in [6.45, 7) is 3.26. The van der Waals surface area contributed by atoms with Crippen molar-refractivity contribution in [3.05, 3.63) is 0 Å². The van der Waals surface area contributed by atoms with Crippen LogP contribution in [-0.2, 0) is 4.79 Å². The van der Waals surface area contributed by atoms with Gasteiger partial charge in [0.15, 0.2) is 0 Å². The Kier molecular flexibility index (Phi) is 10.2. The third kappa shape index (κ3) is 10.3. The van der Waals surface area contributed by atoms with E-state index in [1.807, 2.05) is 0 Å². The van der Waals surface area contributed by atoms with Crippen molar-refractivity contribution in [1.29, 1.82) is 0 Å². The van der Waals surface area contributed by atoms with Crippen molar-refractivity contribution >= 4 is 5.91 Å². The lowest BCUT2D eigenvalue weighted by Crippen LogP contribution is -2.24. The van der Waals surface area contributed by atoms with Crippen LogP contribution in [0, 0.1) is 5.92 Å². The first-order chi connectivity index (χ1) is 8.07. The summed E-state index contributed by atoms with van der Waals surface area (Å²) in [4.78, 5) is 13.5. The van der Waals surface area contributed by atoms with E-state index in [2.05, 4.69) is 25.9 Å². The summed E-state index contributed by atoms with van der Waals surface area (Å²) in [7, 11) is 4.12. The average molecular weight is 242 g/mol. The molecule has 0 rings (SSSR count). The molecule has 0 spiro atoms. The van der Waals surface area contributed by atoms with Crippen LogP contribution in [-0.4, -0.2) is 31.4 Å². The number of carbonyl (C=O) groups is 1. The summed E-state index contributed by atoms with van der Waals surface area (Å²) < 4.78 is 0. The fourth-order valence-corrected chi connectivity index (χ4v) is 2.08. The van der Waals surface area contributed by atoms with Gasteiger partial charge in [-0.2, -0.15) is 0 Å². The van der Waals surface area contributed by atoms with E-state index in [0.29, 0.717) is 0 Å². The SMILES string of the molecule is CCCCCCCC(CCCN(C)C)C(N)=O. The first-order valence-electron chi connectivity index (χ1n) is 7.02. The van der Waals surface area contributed by atoms with Gasteiger partial charge in [-0.3, -0.25) is 4.79 Å². The Labute approximate surface area is 107 Å². The Bertz CT molecular complexity index is 193. The molecule has 0 aliphatic carbocycles. The molecule has 0 heterocycles. The third-order valence-corrected chi connectivity index (χ3v) is 3.22. The number of nitrogens with two attached hydrogens (primary N) is 1. The summed E-state index contributed by atoms with van der Waals surface area (Å²) >= 11 is 0. The molecule has 0 aromatic carbocycles. The maximum absolute atomic E-state index is 11.3. The second-order valence-electron chi connectivity index (χ2n) is 5.25. The smallest absolute Gasteiger partial charge is 0.220 e. The standard InChI is InChI=1S/C14H30N2O/c1-4-5-6-7-8-10-13(14(15)17)11-9-12-16(2)3/h13H,4-12H2,1-3H3,(H2,15,17). The molecule has 0 radical (unpaired) electrons. The lowest BCUT2D eigenvalue weighted by atomic mass is 9.95. The highest BCUT2D eigenvalue weighted by atomic mass is 16.1. The molecule has 0 saturated carbocycles. The van der Waals surface area contributed by atoms with Crippen LogP contribution in [0.1, 0.15) is 58.3 Å². The van der Waals surface area contributed by atoms with Gasteiger partial charge in [-0.1, -0.05) is 39.0 Å². The lowest BCUT2D eigenvalue weighted by molar-refractivity contribution is -0.122. The first kappa shape index (κ1) is 16.4. The van der Waals surface area contributed by atoms with Gasteiger partial charge >= 0.3 is 0 Å². The van der Waals surface area contributed by atoms with Crippen LogP contribution in [0.4, 0.5) is 0 Å². The number of primary amides is 1. The number of carbonyl (C=O) groups excluding carboxylic acids is 1. The van der Waals surface area contributed by atoms with Crippen molar-refractivity contribution in [2.45, 2.75) is 58.3 Å². The number of amides is 1. The molecule has 0 aromatic heterocycles.